The summed E-state index contributed by atoms with van der Waals surface area (Å²) >= 11 is 3.44. The van der Waals surface area contributed by atoms with Crippen molar-refractivity contribution in [3.8, 4) is 11.5 Å². The zero-order valence-corrected chi connectivity index (χ0v) is 20.2. The van der Waals surface area contributed by atoms with Crippen molar-refractivity contribution in [2.45, 2.75) is 0 Å². The first-order chi connectivity index (χ1) is 15.9. The highest BCUT2D eigenvalue weighted by atomic mass is 79.9. The number of nitrogens with one attached hydrogen (secondary N) is 1. The summed E-state index contributed by atoms with van der Waals surface area (Å²) in [5.74, 6) is 0.703. The lowest BCUT2D eigenvalue weighted by Crippen LogP contribution is -2.43. The number of nitrogens with zero attached hydrogens (tertiary/aromatic N) is 3. The van der Waals surface area contributed by atoms with Gasteiger partial charge in [0.25, 0.3) is 11.8 Å². The molecule has 0 aliphatic carbocycles. The first kappa shape index (κ1) is 24.5. The second kappa shape index (κ2) is 12.2. The number of anilines is 1. The molecular formula is C23H27BrN4O5. The van der Waals surface area contributed by atoms with Gasteiger partial charge in [0.1, 0.15) is 11.5 Å². The smallest absolute Gasteiger partial charge is 0.277 e. The van der Waals surface area contributed by atoms with Crippen molar-refractivity contribution in [3.63, 3.8) is 0 Å². The van der Waals surface area contributed by atoms with Gasteiger partial charge >= 0.3 is 0 Å². The average molecular weight is 519 g/mol. The minimum atomic E-state index is -0.373. The van der Waals surface area contributed by atoms with E-state index in [1.54, 1.807) is 29.2 Å². The van der Waals surface area contributed by atoms with Crippen LogP contribution in [-0.4, -0.2) is 76.5 Å². The van der Waals surface area contributed by atoms with Crippen LogP contribution in [0.2, 0.25) is 0 Å². The molecular weight excluding hydrogens is 492 g/mol. The Hall–Kier alpha value is -3.11. The van der Waals surface area contributed by atoms with Gasteiger partial charge < -0.3 is 24.0 Å². The van der Waals surface area contributed by atoms with Crippen LogP contribution >= 0.6 is 15.9 Å². The molecule has 0 saturated carbocycles. The number of rotatable bonds is 9. The predicted octanol–water partition coefficient (Wildman–Crippen LogP) is 2.28. The molecule has 10 heteroatoms. The van der Waals surface area contributed by atoms with E-state index in [9.17, 15) is 9.59 Å². The number of hydrogen-bond acceptors (Lipinski definition) is 7. The Bertz CT molecular complexity index is 993. The maximum atomic E-state index is 12.2. The summed E-state index contributed by atoms with van der Waals surface area (Å²) in [7, 11) is 3.87. The summed E-state index contributed by atoms with van der Waals surface area (Å²) < 4.78 is 17.1. The van der Waals surface area contributed by atoms with Crippen LogP contribution in [0.4, 0.5) is 5.69 Å². The third kappa shape index (κ3) is 7.76. The van der Waals surface area contributed by atoms with Crippen molar-refractivity contribution in [2.24, 2.45) is 5.10 Å². The largest absolute Gasteiger partial charge is 0.484 e. The molecule has 2 amide bonds. The maximum absolute atomic E-state index is 12.2. The molecule has 0 radical (unpaired) electrons. The Morgan fingerprint density at radius 3 is 2.67 bits per heavy atom. The van der Waals surface area contributed by atoms with Gasteiger partial charge in [-0.05, 0) is 51.8 Å². The molecule has 0 atom stereocenters. The molecule has 3 rings (SSSR count). The van der Waals surface area contributed by atoms with Gasteiger partial charge in [-0.3, -0.25) is 9.59 Å². The Balaban J connectivity index is 1.44. The lowest BCUT2D eigenvalue weighted by Gasteiger charge is -2.26. The van der Waals surface area contributed by atoms with Crippen molar-refractivity contribution in [1.82, 2.24) is 10.3 Å². The number of benzene rings is 2. The molecule has 0 aromatic heterocycles. The number of hydrogen-bond donors (Lipinski definition) is 1. The van der Waals surface area contributed by atoms with E-state index in [0.29, 0.717) is 42.3 Å². The van der Waals surface area contributed by atoms with E-state index in [1.165, 1.54) is 6.21 Å². The van der Waals surface area contributed by atoms with Crippen LogP contribution in [0.1, 0.15) is 5.56 Å². The first-order valence-electron chi connectivity index (χ1n) is 10.4. The lowest BCUT2D eigenvalue weighted by molar-refractivity contribution is -0.137. The lowest BCUT2D eigenvalue weighted by atomic mass is 10.2. The normalized spacial score (nSPS) is 13.6. The zero-order valence-electron chi connectivity index (χ0n) is 18.6. The SMILES string of the molecule is CN(C)c1cccc(OCC(=O)N/N=C/c2ccc(OCC(=O)N3CCOCC3)c(Br)c2)c1. The number of morpholine rings is 1. The van der Waals surface area contributed by atoms with Crippen molar-refractivity contribution in [1.29, 1.82) is 0 Å². The van der Waals surface area contributed by atoms with Gasteiger partial charge in [0.05, 0.1) is 23.9 Å². The highest BCUT2D eigenvalue weighted by Gasteiger charge is 2.17. The van der Waals surface area contributed by atoms with Gasteiger partial charge in [-0.15, -0.1) is 0 Å². The summed E-state index contributed by atoms with van der Waals surface area (Å²) in [5, 5.41) is 3.96. The molecule has 1 aliphatic rings. The van der Waals surface area contributed by atoms with Gasteiger partial charge in [-0.25, -0.2) is 5.43 Å². The van der Waals surface area contributed by atoms with E-state index in [4.69, 9.17) is 14.2 Å². The molecule has 9 nitrogen and oxygen atoms in total. The van der Waals surface area contributed by atoms with Gasteiger partial charge in [0, 0.05) is 38.9 Å². The molecule has 176 valence electrons. The van der Waals surface area contributed by atoms with E-state index < -0.39 is 0 Å². The van der Waals surface area contributed by atoms with Crippen LogP contribution in [0.25, 0.3) is 0 Å². The van der Waals surface area contributed by atoms with E-state index in [-0.39, 0.29) is 25.0 Å². The fraction of sp³-hybridized carbons (Fsp3) is 0.348. The fourth-order valence-corrected chi connectivity index (χ4v) is 3.48. The zero-order chi connectivity index (χ0) is 23.6. The summed E-state index contributed by atoms with van der Waals surface area (Å²) in [6.07, 6.45) is 1.51. The van der Waals surface area contributed by atoms with Crippen molar-refractivity contribution < 1.29 is 23.8 Å². The number of hydrazone groups is 1. The first-order valence-corrected chi connectivity index (χ1v) is 11.2. The van der Waals surface area contributed by atoms with Crippen molar-refractivity contribution in [2.75, 3.05) is 58.5 Å². The van der Waals surface area contributed by atoms with Crippen LogP contribution < -0.4 is 19.8 Å². The summed E-state index contributed by atoms with van der Waals surface area (Å²) in [4.78, 5) is 27.9. The van der Waals surface area contributed by atoms with Gasteiger partial charge in [0.2, 0.25) is 0 Å². The van der Waals surface area contributed by atoms with Crippen LogP contribution in [0.15, 0.2) is 52.0 Å². The maximum Gasteiger partial charge on any atom is 0.277 e. The number of carbonyl (C=O) groups is 2. The highest BCUT2D eigenvalue weighted by molar-refractivity contribution is 9.10. The molecule has 2 aromatic carbocycles. The minimum Gasteiger partial charge on any atom is -0.484 e. The van der Waals surface area contributed by atoms with Crippen LogP contribution in [0, 0.1) is 0 Å². The molecule has 0 spiro atoms. The number of halogens is 1. The summed E-state index contributed by atoms with van der Waals surface area (Å²) in [5.41, 5.74) is 4.16. The molecule has 0 bridgehead atoms. The fourth-order valence-electron chi connectivity index (χ4n) is 2.97. The molecule has 33 heavy (non-hydrogen) atoms. The van der Waals surface area contributed by atoms with Gasteiger partial charge in [-0.1, -0.05) is 6.07 Å². The Kier molecular flexibility index (Phi) is 9.08. The van der Waals surface area contributed by atoms with E-state index in [2.05, 4.69) is 26.5 Å². The molecule has 2 aromatic rings. The Labute approximate surface area is 201 Å². The number of ether oxygens (including phenoxy) is 3. The molecule has 0 unspecified atom stereocenters. The third-order valence-corrected chi connectivity index (χ3v) is 5.40. The Morgan fingerprint density at radius 1 is 1.15 bits per heavy atom. The molecule has 1 aliphatic heterocycles. The van der Waals surface area contributed by atoms with Gasteiger partial charge in [-0.2, -0.15) is 5.10 Å². The van der Waals surface area contributed by atoms with Crippen LogP contribution in [0.5, 0.6) is 11.5 Å². The molecule has 1 N–H and O–H groups in total. The molecule has 1 saturated heterocycles. The average Bonchev–Trinajstić information content (AvgIpc) is 2.82. The molecule has 1 heterocycles. The third-order valence-electron chi connectivity index (χ3n) is 4.78. The standard InChI is InChI=1S/C23H27BrN4O5/c1-27(2)18-4-3-5-19(13-18)32-15-22(29)26-25-14-17-6-7-21(20(24)12-17)33-16-23(30)28-8-10-31-11-9-28/h3-7,12-14H,8-11,15-16H2,1-2H3,(H,26,29)/b25-14+. The predicted molar refractivity (Wildman–Crippen MR) is 129 cm³/mol. The quantitative estimate of drug-likeness (QED) is 0.404. The second-order valence-corrected chi connectivity index (χ2v) is 8.30. The topological polar surface area (TPSA) is 92.7 Å². The minimum absolute atomic E-state index is 0.0421. The van der Waals surface area contributed by atoms with Crippen molar-refractivity contribution in [3.05, 3.63) is 52.5 Å². The number of amides is 2. The number of carbonyl (C=O) groups excluding carboxylic acids is 2. The summed E-state index contributed by atoms with van der Waals surface area (Å²) in [6, 6.07) is 12.8. The van der Waals surface area contributed by atoms with E-state index in [1.807, 2.05) is 37.2 Å². The van der Waals surface area contributed by atoms with Crippen LogP contribution in [-0.2, 0) is 14.3 Å². The van der Waals surface area contributed by atoms with E-state index >= 15 is 0 Å². The van der Waals surface area contributed by atoms with Crippen LogP contribution in [0.3, 0.4) is 0 Å². The second-order valence-electron chi connectivity index (χ2n) is 7.45. The van der Waals surface area contributed by atoms with Crippen molar-refractivity contribution >= 4 is 39.6 Å². The highest BCUT2D eigenvalue weighted by Crippen LogP contribution is 2.25. The summed E-state index contributed by atoms with van der Waals surface area (Å²) in [6.45, 7) is 2.07. The monoisotopic (exact) mass is 518 g/mol. The van der Waals surface area contributed by atoms with Gasteiger partial charge in [0.15, 0.2) is 13.2 Å². The molecule has 1 fully saturated rings. The Morgan fingerprint density at radius 2 is 1.94 bits per heavy atom. The van der Waals surface area contributed by atoms with E-state index in [0.717, 1.165) is 11.3 Å².